The highest BCUT2D eigenvalue weighted by Gasteiger charge is 2.09. The van der Waals surface area contributed by atoms with Gasteiger partial charge in [-0.2, -0.15) is 0 Å². The monoisotopic (exact) mass is 363 g/mol. The van der Waals surface area contributed by atoms with Gasteiger partial charge in [0.05, 0.1) is 19.3 Å². The van der Waals surface area contributed by atoms with E-state index in [0.717, 1.165) is 23.4 Å². The molecule has 0 radical (unpaired) electrons. The fraction of sp³-hybridized carbons (Fsp3) is 0.200. The molecule has 0 spiro atoms. The van der Waals surface area contributed by atoms with Gasteiger partial charge in [-0.25, -0.2) is 9.97 Å². The Morgan fingerprint density at radius 2 is 1.93 bits per heavy atom. The molecule has 2 aromatic heterocycles. The van der Waals surface area contributed by atoms with E-state index in [1.165, 1.54) is 6.33 Å². The van der Waals surface area contributed by atoms with E-state index in [2.05, 4.69) is 25.6 Å². The summed E-state index contributed by atoms with van der Waals surface area (Å²) in [7, 11) is 1.66. The van der Waals surface area contributed by atoms with Gasteiger partial charge in [0.2, 0.25) is 0 Å². The highest BCUT2D eigenvalue weighted by molar-refractivity contribution is 5.92. The van der Waals surface area contributed by atoms with Crippen molar-refractivity contribution in [3.05, 3.63) is 78.0 Å². The van der Waals surface area contributed by atoms with Gasteiger partial charge in [0, 0.05) is 18.8 Å². The number of rotatable bonds is 8. The molecule has 3 rings (SSSR count). The number of benzene rings is 1. The summed E-state index contributed by atoms with van der Waals surface area (Å²) in [5, 5.41) is 6.02. The van der Waals surface area contributed by atoms with E-state index >= 15 is 0 Å². The van der Waals surface area contributed by atoms with E-state index in [1.54, 1.807) is 19.4 Å². The predicted molar refractivity (Wildman–Crippen MR) is 103 cm³/mol. The van der Waals surface area contributed by atoms with E-state index in [4.69, 9.17) is 4.74 Å². The van der Waals surface area contributed by atoms with Crippen LogP contribution in [0.15, 0.2) is 61.1 Å². The van der Waals surface area contributed by atoms with Gasteiger partial charge in [0.25, 0.3) is 5.91 Å². The normalized spacial score (nSPS) is 10.3. The van der Waals surface area contributed by atoms with Crippen molar-refractivity contribution in [3.8, 4) is 5.75 Å². The number of pyridine rings is 1. The number of methoxy groups -OCH3 is 1. The average molecular weight is 363 g/mol. The van der Waals surface area contributed by atoms with Gasteiger partial charge in [-0.1, -0.05) is 24.3 Å². The van der Waals surface area contributed by atoms with Crippen LogP contribution in [0.1, 0.15) is 21.7 Å². The molecule has 7 nitrogen and oxygen atoms in total. The maximum Gasteiger partial charge on any atom is 0.270 e. The van der Waals surface area contributed by atoms with Crippen LogP contribution in [0.5, 0.6) is 5.75 Å². The number of carbonyl (C=O) groups excluding carboxylic acids is 1. The van der Waals surface area contributed by atoms with Crippen LogP contribution in [0.25, 0.3) is 0 Å². The Bertz CT molecular complexity index is 886. The van der Waals surface area contributed by atoms with Gasteiger partial charge in [0.15, 0.2) is 0 Å². The number of aromatic nitrogens is 3. The molecule has 1 amide bonds. The Kier molecular flexibility index (Phi) is 6.30. The molecule has 0 unspecified atom stereocenters. The minimum atomic E-state index is -0.268. The van der Waals surface area contributed by atoms with Crippen LogP contribution in [0.2, 0.25) is 0 Å². The van der Waals surface area contributed by atoms with E-state index in [-0.39, 0.29) is 5.91 Å². The second kappa shape index (κ2) is 9.28. The van der Waals surface area contributed by atoms with Crippen molar-refractivity contribution in [1.29, 1.82) is 0 Å². The molecule has 7 heteroatoms. The molecule has 0 atom stereocenters. The first kappa shape index (κ1) is 18.3. The summed E-state index contributed by atoms with van der Waals surface area (Å²) in [4.78, 5) is 24.7. The zero-order valence-electron chi connectivity index (χ0n) is 15.1. The third-order valence-electron chi connectivity index (χ3n) is 3.95. The molecule has 0 saturated carbocycles. The first-order chi connectivity index (χ1) is 13.3. The molecule has 0 aliphatic heterocycles. The van der Waals surface area contributed by atoms with Crippen LogP contribution in [0.3, 0.4) is 0 Å². The number of nitrogens with one attached hydrogen (secondary N) is 2. The van der Waals surface area contributed by atoms with E-state index in [1.807, 2.05) is 42.5 Å². The molecule has 0 aliphatic carbocycles. The Morgan fingerprint density at radius 3 is 2.74 bits per heavy atom. The van der Waals surface area contributed by atoms with E-state index < -0.39 is 0 Å². The maximum atomic E-state index is 12.3. The molecule has 1 aromatic carbocycles. The van der Waals surface area contributed by atoms with Gasteiger partial charge < -0.3 is 15.4 Å². The zero-order chi connectivity index (χ0) is 18.9. The summed E-state index contributed by atoms with van der Waals surface area (Å²) in [5.74, 6) is 1.19. The lowest BCUT2D eigenvalue weighted by Gasteiger charge is -2.10. The fourth-order valence-corrected chi connectivity index (χ4v) is 2.58. The quantitative estimate of drug-likeness (QED) is 0.639. The topological polar surface area (TPSA) is 89.0 Å². The number of carbonyl (C=O) groups is 1. The zero-order valence-corrected chi connectivity index (χ0v) is 15.1. The third kappa shape index (κ3) is 5.24. The lowest BCUT2D eigenvalue weighted by Crippen LogP contribution is -2.24. The second-order valence-corrected chi connectivity index (χ2v) is 5.78. The summed E-state index contributed by atoms with van der Waals surface area (Å²) in [6.45, 7) is 1.01. The van der Waals surface area contributed by atoms with Crippen molar-refractivity contribution in [3.63, 3.8) is 0 Å². The maximum absolute atomic E-state index is 12.3. The number of hydrogen-bond acceptors (Lipinski definition) is 6. The molecule has 138 valence electrons. The molecule has 0 saturated heterocycles. The SMILES string of the molecule is COc1ccccc1CCNc1cc(C(=O)NCc2ccccn2)ncn1. The Hall–Kier alpha value is -3.48. The van der Waals surface area contributed by atoms with Gasteiger partial charge in [-0.3, -0.25) is 9.78 Å². The molecule has 2 N–H and O–H groups in total. The fourth-order valence-electron chi connectivity index (χ4n) is 2.58. The van der Waals surface area contributed by atoms with Gasteiger partial charge in [-0.05, 0) is 30.2 Å². The van der Waals surface area contributed by atoms with Crippen LogP contribution in [-0.2, 0) is 13.0 Å². The van der Waals surface area contributed by atoms with Crippen molar-refractivity contribution in [2.75, 3.05) is 19.0 Å². The molecule has 27 heavy (non-hydrogen) atoms. The van der Waals surface area contributed by atoms with Crippen molar-refractivity contribution in [2.45, 2.75) is 13.0 Å². The Labute approximate surface area is 157 Å². The lowest BCUT2D eigenvalue weighted by atomic mass is 10.1. The summed E-state index contributed by atoms with van der Waals surface area (Å²) < 4.78 is 5.35. The number of anilines is 1. The molecule has 0 fully saturated rings. The van der Waals surface area contributed by atoms with Crippen molar-refractivity contribution in [1.82, 2.24) is 20.3 Å². The molecular weight excluding hydrogens is 342 g/mol. The standard InChI is InChI=1S/C20H21N5O2/c1-27-18-8-3-2-6-15(18)9-11-22-19-12-17(24-14-25-19)20(26)23-13-16-7-4-5-10-21-16/h2-8,10,12,14H,9,11,13H2,1H3,(H,23,26)(H,22,24,25). The average Bonchev–Trinajstić information content (AvgIpc) is 2.73. The van der Waals surface area contributed by atoms with Crippen LogP contribution >= 0.6 is 0 Å². The molecule has 3 aromatic rings. The van der Waals surface area contributed by atoms with Gasteiger partial charge in [-0.15, -0.1) is 0 Å². The number of hydrogen-bond donors (Lipinski definition) is 2. The van der Waals surface area contributed by atoms with E-state index in [9.17, 15) is 4.79 Å². The number of nitrogens with zero attached hydrogens (tertiary/aromatic N) is 3. The molecular formula is C20H21N5O2. The summed E-state index contributed by atoms with van der Waals surface area (Å²) in [6, 6.07) is 15.1. The molecule has 0 bridgehead atoms. The summed E-state index contributed by atoms with van der Waals surface area (Å²) in [6.07, 6.45) is 3.84. The highest BCUT2D eigenvalue weighted by atomic mass is 16.5. The van der Waals surface area contributed by atoms with Gasteiger partial charge >= 0.3 is 0 Å². The van der Waals surface area contributed by atoms with Crippen LogP contribution < -0.4 is 15.4 Å². The van der Waals surface area contributed by atoms with Gasteiger partial charge in [0.1, 0.15) is 23.6 Å². The summed E-state index contributed by atoms with van der Waals surface area (Å²) >= 11 is 0. The number of para-hydroxylation sites is 1. The Morgan fingerprint density at radius 1 is 1.07 bits per heavy atom. The summed E-state index contributed by atoms with van der Waals surface area (Å²) in [5.41, 5.74) is 2.20. The molecule has 0 aliphatic rings. The van der Waals surface area contributed by atoms with Crippen LogP contribution in [-0.4, -0.2) is 34.5 Å². The minimum Gasteiger partial charge on any atom is -0.496 e. The van der Waals surface area contributed by atoms with Crippen molar-refractivity contribution in [2.24, 2.45) is 0 Å². The molecule has 2 heterocycles. The first-order valence-corrected chi connectivity index (χ1v) is 8.62. The Balaban J connectivity index is 1.54. The highest BCUT2D eigenvalue weighted by Crippen LogP contribution is 2.17. The first-order valence-electron chi connectivity index (χ1n) is 8.62. The largest absolute Gasteiger partial charge is 0.496 e. The van der Waals surface area contributed by atoms with Crippen LogP contribution in [0.4, 0.5) is 5.82 Å². The van der Waals surface area contributed by atoms with Crippen LogP contribution in [0, 0.1) is 0 Å². The second-order valence-electron chi connectivity index (χ2n) is 5.78. The van der Waals surface area contributed by atoms with Crippen molar-refractivity contribution >= 4 is 11.7 Å². The minimum absolute atomic E-state index is 0.268. The van der Waals surface area contributed by atoms with Crippen molar-refractivity contribution < 1.29 is 9.53 Å². The lowest BCUT2D eigenvalue weighted by molar-refractivity contribution is 0.0945. The van der Waals surface area contributed by atoms with E-state index in [0.29, 0.717) is 24.6 Å². The number of ether oxygens (including phenoxy) is 1. The number of amides is 1. The third-order valence-corrected chi connectivity index (χ3v) is 3.95. The predicted octanol–water partition coefficient (Wildman–Crippen LogP) is 2.46. The smallest absolute Gasteiger partial charge is 0.270 e.